The molecule has 1 aromatic heterocycles. The van der Waals surface area contributed by atoms with Crippen LogP contribution in [0.25, 0.3) is 11.1 Å². The number of pyridine rings is 1. The number of rotatable bonds is 1. The minimum absolute atomic E-state index is 0. The molecular formula is C51H85N. The van der Waals surface area contributed by atoms with Crippen LogP contribution in [0.15, 0.2) is 97.2 Å². The van der Waals surface area contributed by atoms with Crippen molar-refractivity contribution in [1.29, 1.82) is 0 Å². The molecule has 4 aromatic rings. The largest absolute Gasteiger partial charge is 0.260 e. The van der Waals surface area contributed by atoms with Crippen molar-refractivity contribution >= 4 is 0 Å². The molecule has 0 saturated heterocycles. The fourth-order valence-corrected chi connectivity index (χ4v) is 4.54. The molecule has 0 spiro atoms. The van der Waals surface area contributed by atoms with Gasteiger partial charge in [-0.05, 0) is 66.5 Å². The quantitative estimate of drug-likeness (QED) is 0.192. The Labute approximate surface area is 326 Å². The smallest absolute Gasteiger partial charge is 0.0457 e. The van der Waals surface area contributed by atoms with E-state index in [1.54, 1.807) is 0 Å². The van der Waals surface area contributed by atoms with E-state index in [0.29, 0.717) is 5.41 Å². The topological polar surface area (TPSA) is 12.9 Å². The second-order valence-electron chi connectivity index (χ2n) is 20.2. The van der Waals surface area contributed by atoms with Crippen LogP contribution in [0, 0.1) is 5.41 Å². The summed E-state index contributed by atoms with van der Waals surface area (Å²) >= 11 is 0. The van der Waals surface area contributed by atoms with Gasteiger partial charge < -0.3 is 0 Å². The van der Waals surface area contributed by atoms with E-state index in [0.717, 1.165) is 5.69 Å². The summed E-state index contributed by atoms with van der Waals surface area (Å²) in [5.41, 5.74) is 10.8. The van der Waals surface area contributed by atoms with Gasteiger partial charge in [-0.15, -0.1) is 0 Å². The van der Waals surface area contributed by atoms with Crippen molar-refractivity contribution in [2.24, 2.45) is 5.41 Å². The molecule has 0 radical (unpaired) electrons. The first-order valence-electron chi connectivity index (χ1n) is 18.2. The molecule has 0 aliphatic heterocycles. The van der Waals surface area contributed by atoms with Crippen molar-refractivity contribution in [1.82, 2.24) is 4.98 Å². The molecular weight excluding hydrogens is 627 g/mol. The summed E-state index contributed by atoms with van der Waals surface area (Å²) in [4.78, 5) is 4.52. The summed E-state index contributed by atoms with van der Waals surface area (Å²) in [5, 5.41) is 0. The highest BCUT2D eigenvalue weighted by atomic mass is 14.7. The minimum atomic E-state index is 0. The van der Waals surface area contributed by atoms with E-state index in [2.05, 4.69) is 221 Å². The van der Waals surface area contributed by atoms with Gasteiger partial charge in [0.2, 0.25) is 0 Å². The summed E-state index contributed by atoms with van der Waals surface area (Å²) in [6.45, 7) is 42.2. The Hall–Kier alpha value is -3.19. The fraction of sp³-hybridized carbons (Fsp3) is 0.549. The Balaban J connectivity index is -0.000000634. The third-order valence-corrected chi connectivity index (χ3v) is 7.87. The summed E-state index contributed by atoms with van der Waals surface area (Å²) in [7, 11) is 0. The zero-order chi connectivity index (χ0) is 38.1. The molecule has 0 amide bonds. The molecule has 0 unspecified atom stereocenters. The van der Waals surface area contributed by atoms with E-state index in [1.165, 1.54) is 33.4 Å². The van der Waals surface area contributed by atoms with Crippen molar-refractivity contribution in [2.75, 3.05) is 0 Å². The van der Waals surface area contributed by atoms with E-state index in [4.69, 9.17) is 0 Å². The Morgan fingerprint density at radius 3 is 0.827 bits per heavy atom. The molecule has 294 valence electrons. The zero-order valence-electron chi connectivity index (χ0n) is 35.2. The van der Waals surface area contributed by atoms with Gasteiger partial charge in [0.25, 0.3) is 0 Å². The molecule has 4 rings (SSSR count). The van der Waals surface area contributed by atoms with Gasteiger partial charge in [0.05, 0.1) is 0 Å². The van der Waals surface area contributed by atoms with Gasteiger partial charge in [0.1, 0.15) is 0 Å². The van der Waals surface area contributed by atoms with Crippen molar-refractivity contribution in [3.8, 4) is 11.1 Å². The molecule has 0 aliphatic carbocycles. The predicted molar refractivity (Wildman–Crippen MR) is 241 cm³/mol. The number of nitrogens with zero attached hydrogens (tertiary/aromatic N) is 1. The molecule has 1 heterocycles. The van der Waals surface area contributed by atoms with Crippen molar-refractivity contribution < 1.29 is 0 Å². The van der Waals surface area contributed by atoms with Crippen molar-refractivity contribution in [2.45, 2.75) is 181 Å². The van der Waals surface area contributed by atoms with Crippen molar-refractivity contribution in [3.63, 3.8) is 0 Å². The first-order chi connectivity index (χ1) is 22.0. The molecule has 0 atom stereocenters. The third-order valence-electron chi connectivity index (χ3n) is 7.87. The number of aromatic nitrogens is 1. The Bertz CT molecular complexity index is 1340. The normalized spacial score (nSPS) is 11.7. The van der Waals surface area contributed by atoms with Gasteiger partial charge in [-0.3, -0.25) is 4.98 Å². The van der Waals surface area contributed by atoms with Gasteiger partial charge in [-0.1, -0.05) is 239 Å². The molecule has 3 aromatic carbocycles. The Kier molecular flexibility index (Phi) is 21.4. The molecule has 0 bridgehead atoms. The maximum atomic E-state index is 4.52. The van der Waals surface area contributed by atoms with E-state index in [-0.39, 0.29) is 49.4 Å². The van der Waals surface area contributed by atoms with Gasteiger partial charge in [-0.2, -0.15) is 0 Å². The van der Waals surface area contributed by atoms with E-state index in [1.807, 2.05) is 12.3 Å². The van der Waals surface area contributed by atoms with Crippen LogP contribution < -0.4 is 0 Å². The molecule has 1 heteroatoms. The predicted octanol–water partition coefficient (Wildman–Crippen LogP) is 16.6. The Morgan fingerprint density at radius 2 is 0.577 bits per heavy atom. The number of hydrogen-bond acceptors (Lipinski definition) is 1. The zero-order valence-corrected chi connectivity index (χ0v) is 35.2. The summed E-state index contributed by atoms with van der Waals surface area (Å²) in [5.74, 6) is 0. The highest BCUT2D eigenvalue weighted by Gasteiger charge is 2.19. The van der Waals surface area contributed by atoms with Crippen molar-refractivity contribution in [3.05, 3.63) is 125 Å². The van der Waals surface area contributed by atoms with Gasteiger partial charge in [-0.25, -0.2) is 0 Å². The lowest BCUT2D eigenvalue weighted by Crippen LogP contribution is -2.16. The van der Waals surface area contributed by atoms with Gasteiger partial charge >= 0.3 is 0 Å². The Morgan fingerprint density at radius 1 is 0.308 bits per heavy atom. The average Bonchev–Trinajstić information content (AvgIpc) is 2.95. The summed E-state index contributed by atoms with van der Waals surface area (Å²) in [6.07, 6.45) is 2.00. The monoisotopic (exact) mass is 712 g/mol. The van der Waals surface area contributed by atoms with E-state index < -0.39 is 0 Å². The standard InChI is InChI=1S/C16H18.C14H22.C13H21N.C5H12.3CH4/c1-16(2,3)15-11-9-14(10-12-15)13-7-5-4-6-8-13;1-13(2,3)11-7-9-12(10-8-11)14(4,5)6;1-12(2,3)10-7-8-11(14-9-10)13(4,5)6;1-5(2,3)4;;;/h4-12H,1-3H3;7-10H,1-6H3;7-9H,1-6H3;1-4H3;3*1H4. The average molecular weight is 712 g/mol. The maximum Gasteiger partial charge on any atom is 0.0457 e. The lowest BCUT2D eigenvalue weighted by Gasteiger charge is -2.23. The van der Waals surface area contributed by atoms with E-state index >= 15 is 0 Å². The lowest BCUT2D eigenvalue weighted by atomic mass is 9.82. The van der Waals surface area contributed by atoms with Crippen LogP contribution in [0.2, 0.25) is 0 Å². The molecule has 0 fully saturated rings. The van der Waals surface area contributed by atoms with Crippen LogP contribution in [0.4, 0.5) is 0 Å². The lowest BCUT2D eigenvalue weighted by molar-refractivity contribution is 0.469. The SMILES string of the molecule is C.C.C.CC(C)(C)C.CC(C)(C)c1ccc(-c2ccccc2)cc1.CC(C)(C)c1ccc(C(C)(C)C)cc1.CC(C)(C)c1ccc(C(C)(C)C)nc1. The second-order valence-corrected chi connectivity index (χ2v) is 20.2. The number of benzene rings is 3. The third kappa shape index (κ3) is 20.7. The van der Waals surface area contributed by atoms with Crippen LogP contribution in [0.5, 0.6) is 0 Å². The molecule has 52 heavy (non-hydrogen) atoms. The van der Waals surface area contributed by atoms with Gasteiger partial charge in [0, 0.05) is 17.3 Å². The first-order valence-corrected chi connectivity index (χ1v) is 18.2. The highest BCUT2D eigenvalue weighted by molar-refractivity contribution is 5.63. The summed E-state index contributed by atoms with van der Waals surface area (Å²) in [6, 6.07) is 32.7. The van der Waals surface area contributed by atoms with Crippen LogP contribution in [-0.4, -0.2) is 4.98 Å². The maximum absolute atomic E-state index is 4.52. The van der Waals surface area contributed by atoms with E-state index in [9.17, 15) is 0 Å². The molecule has 0 N–H and O–H groups in total. The molecule has 1 nitrogen and oxygen atoms in total. The van der Waals surface area contributed by atoms with Crippen LogP contribution in [-0.2, 0) is 27.1 Å². The summed E-state index contributed by atoms with van der Waals surface area (Å²) < 4.78 is 0. The van der Waals surface area contributed by atoms with Crippen LogP contribution in [0.3, 0.4) is 0 Å². The van der Waals surface area contributed by atoms with Gasteiger partial charge in [0.15, 0.2) is 0 Å². The second kappa shape index (κ2) is 20.9. The van der Waals surface area contributed by atoms with Crippen LogP contribution >= 0.6 is 0 Å². The van der Waals surface area contributed by atoms with Crippen LogP contribution in [0.1, 0.15) is 182 Å². The molecule has 0 aliphatic rings. The molecule has 0 saturated carbocycles. The first kappa shape index (κ1) is 53.2. The fourth-order valence-electron chi connectivity index (χ4n) is 4.54. The number of hydrogen-bond donors (Lipinski definition) is 0. The highest BCUT2D eigenvalue weighted by Crippen LogP contribution is 2.28. The minimum Gasteiger partial charge on any atom is -0.260 e.